The van der Waals surface area contributed by atoms with Crippen LogP contribution >= 0.6 is 24.0 Å². The number of halogens is 1. The highest BCUT2D eigenvalue weighted by molar-refractivity contribution is 14.0. The van der Waals surface area contributed by atoms with Gasteiger partial charge in [-0.15, -0.1) is 24.0 Å². The fourth-order valence-electron chi connectivity index (χ4n) is 2.63. The summed E-state index contributed by atoms with van der Waals surface area (Å²) in [5.74, 6) is 1.42. The van der Waals surface area contributed by atoms with Crippen LogP contribution in [0.3, 0.4) is 0 Å². The van der Waals surface area contributed by atoms with Crippen molar-refractivity contribution in [1.82, 2.24) is 15.1 Å². The minimum atomic E-state index is 0. The first kappa shape index (κ1) is 18.0. The average Bonchev–Trinajstić information content (AvgIpc) is 2.38. The molecule has 1 heterocycles. The smallest absolute Gasteiger partial charge is 0.188 e. The Labute approximate surface area is 140 Å². The van der Waals surface area contributed by atoms with Gasteiger partial charge in [-0.25, -0.2) is 0 Å². The maximum atomic E-state index is 5.87. The van der Waals surface area contributed by atoms with Crippen molar-refractivity contribution in [2.24, 2.45) is 16.6 Å². The van der Waals surface area contributed by atoms with Crippen LogP contribution in [0.1, 0.15) is 26.2 Å². The van der Waals surface area contributed by atoms with Crippen molar-refractivity contribution in [3.8, 4) is 0 Å². The maximum absolute atomic E-state index is 5.87. The molecule has 0 unspecified atom stereocenters. The zero-order chi connectivity index (χ0) is 13.5. The molecular formula is C14H30IN5. The molecule has 3 N–H and O–H groups in total. The standard InChI is InChI=1S/C14H29N5.HI/c1-2-18-8-10-19(11-9-18)7-6-16-14(15)17-12-13-4-3-5-13;/h13H,2-12H2,1H3,(H3,15,16,17);1H. The second-order valence-electron chi connectivity index (χ2n) is 5.73. The van der Waals surface area contributed by atoms with Gasteiger partial charge >= 0.3 is 0 Å². The highest BCUT2D eigenvalue weighted by Gasteiger charge is 2.17. The summed E-state index contributed by atoms with van der Waals surface area (Å²) >= 11 is 0. The van der Waals surface area contributed by atoms with E-state index in [0.29, 0.717) is 5.96 Å². The lowest BCUT2D eigenvalue weighted by Gasteiger charge is -2.34. The molecule has 2 aliphatic rings. The topological polar surface area (TPSA) is 56.9 Å². The van der Waals surface area contributed by atoms with E-state index < -0.39 is 0 Å². The number of aliphatic imine (C=N–C) groups is 1. The molecule has 1 aliphatic heterocycles. The van der Waals surface area contributed by atoms with Gasteiger partial charge in [-0.1, -0.05) is 13.3 Å². The Hall–Kier alpha value is -0.0800. The molecule has 0 atom stereocenters. The first-order chi connectivity index (χ1) is 9.28. The highest BCUT2D eigenvalue weighted by Crippen LogP contribution is 2.26. The summed E-state index contributed by atoms with van der Waals surface area (Å²) in [5, 5.41) is 3.23. The molecular weight excluding hydrogens is 365 g/mol. The van der Waals surface area contributed by atoms with Crippen LogP contribution in [-0.4, -0.2) is 68.1 Å². The number of likely N-dealkylation sites (N-methyl/N-ethyl adjacent to an activating group) is 1. The summed E-state index contributed by atoms with van der Waals surface area (Å²) < 4.78 is 0. The van der Waals surface area contributed by atoms with E-state index in [2.05, 4.69) is 27.0 Å². The molecule has 1 aliphatic carbocycles. The fourth-order valence-corrected chi connectivity index (χ4v) is 2.63. The quantitative estimate of drug-likeness (QED) is 0.400. The van der Waals surface area contributed by atoms with Gasteiger partial charge in [0.2, 0.25) is 0 Å². The lowest BCUT2D eigenvalue weighted by atomic mass is 9.86. The summed E-state index contributed by atoms with van der Waals surface area (Å²) in [6.07, 6.45) is 4.04. The van der Waals surface area contributed by atoms with E-state index in [4.69, 9.17) is 5.73 Å². The summed E-state index contributed by atoms with van der Waals surface area (Å²) in [6, 6.07) is 0. The molecule has 20 heavy (non-hydrogen) atoms. The van der Waals surface area contributed by atoms with Gasteiger partial charge in [0, 0.05) is 45.8 Å². The largest absolute Gasteiger partial charge is 0.370 e. The molecule has 0 aromatic rings. The molecule has 2 fully saturated rings. The van der Waals surface area contributed by atoms with Crippen molar-refractivity contribution in [1.29, 1.82) is 0 Å². The van der Waals surface area contributed by atoms with Gasteiger partial charge < -0.3 is 16.0 Å². The SMILES string of the molecule is CCN1CCN(CCNC(N)=NCC2CCC2)CC1.I. The van der Waals surface area contributed by atoms with Gasteiger partial charge in [0.25, 0.3) is 0 Å². The lowest BCUT2D eigenvalue weighted by Crippen LogP contribution is -2.48. The molecule has 118 valence electrons. The van der Waals surface area contributed by atoms with Gasteiger partial charge in [-0.05, 0) is 25.3 Å². The van der Waals surface area contributed by atoms with Crippen LogP contribution < -0.4 is 11.1 Å². The normalized spacial score (nSPS) is 22.1. The Balaban J connectivity index is 0.00000200. The van der Waals surface area contributed by atoms with Crippen molar-refractivity contribution < 1.29 is 0 Å². The zero-order valence-electron chi connectivity index (χ0n) is 12.7. The van der Waals surface area contributed by atoms with Crippen LogP contribution in [-0.2, 0) is 0 Å². The summed E-state index contributed by atoms with van der Waals surface area (Å²) in [6.45, 7) is 11.0. The maximum Gasteiger partial charge on any atom is 0.188 e. The van der Waals surface area contributed by atoms with Crippen molar-refractivity contribution in [3.05, 3.63) is 0 Å². The van der Waals surface area contributed by atoms with E-state index in [-0.39, 0.29) is 24.0 Å². The van der Waals surface area contributed by atoms with Gasteiger partial charge in [-0.2, -0.15) is 0 Å². The first-order valence-corrected chi connectivity index (χ1v) is 7.76. The van der Waals surface area contributed by atoms with Crippen LogP contribution in [0, 0.1) is 5.92 Å². The number of nitrogens with one attached hydrogen (secondary N) is 1. The summed E-state index contributed by atoms with van der Waals surface area (Å²) in [5.41, 5.74) is 5.87. The van der Waals surface area contributed by atoms with Crippen molar-refractivity contribution >= 4 is 29.9 Å². The number of hydrogen-bond acceptors (Lipinski definition) is 3. The summed E-state index contributed by atoms with van der Waals surface area (Å²) in [4.78, 5) is 9.41. The Morgan fingerprint density at radius 3 is 2.40 bits per heavy atom. The van der Waals surface area contributed by atoms with Crippen LogP contribution in [0.5, 0.6) is 0 Å². The van der Waals surface area contributed by atoms with E-state index >= 15 is 0 Å². The summed E-state index contributed by atoms with van der Waals surface area (Å²) in [7, 11) is 0. The van der Waals surface area contributed by atoms with Crippen LogP contribution in [0.15, 0.2) is 4.99 Å². The molecule has 0 bridgehead atoms. The molecule has 0 aromatic heterocycles. The predicted molar refractivity (Wildman–Crippen MR) is 95.8 cm³/mol. The van der Waals surface area contributed by atoms with Crippen molar-refractivity contribution in [3.63, 3.8) is 0 Å². The highest BCUT2D eigenvalue weighted by atomic mass is 127. The predicted octanol–water partition coefficient (Wildman–Crippen LogP) is 0.946. The van der Waals surface area contributed by atoms with E-state index in [1.807, 2.05) is 0 Å². The third-order valence-corrected chi connectivity index (χ3v) is 4.39. The molecule has 1 saturated heterocycles. The van der Waals surface area contributed by atoms with Gasteiger partial charge in [0.15, 0.2) is 5.96 Å². The average molecular weight is 395 g/mol. The molecule has 1 saturated carbocycles. The number of piperazine rings is 1. The second kappa shape index (κ2) is 9.78. The van der Waals surface area contributed by atoms with E-state index in [1.165, 1.54) is 52.0 Å². The molecule has 6 heteroatoms. The Morgan fingerprint density at radius 1 is 1.20 bits per heavy atom. The molecule has 5 nitrogen and oxygen atoms in total. The van der Waals surface area contributed by atoms with Crippen LogP contribution in [0.2, 0.25) is 0 Å². The van der Waals surface area contributed by atoms with Crippen molar-refractivity contribution in [2.75, 3.05) is 52.4 Å². The third kappa shape index (κ3) is 6.13. The number of rotatable bonds is 6. The first-order valence-electron chi connectivity index (χ1n) is 7.76. The molecule has 0 spiro atoms. The van der Waals surface area contributed by atoms with E-state index in [0.717, 1.165) is 25.6 Å². The minimum Gasteiger partial charge on any atom is -0.370 e. The third-order valence-electron chi connectivity index (χ3n) is 4.39. The van der Waals surface area contributed by atoms with E-state index in [9.17, 15) is 0 Å². The van der Waals surface area contributed by atoms with E-state index in [1.54, 1.807) is 0 Å². The Kier molecular flexibility index (Phi) is 8.79. The number of nitrogens with zero attached hydrogens (tertiary/aromatic N) is 3. The fraction of sp³-hybridized carbons (Fsp3) is 0.929. The minimum absolute atomic E-state index is 0. The Morgan fingerprint density at radius 2 is 1.85 bits per heavy atom. The van der Waals surface area contributed by atoms with Crippen LogP contribution in [0.25, 0.3) is 0 Å². The monoisotopic (exact) mass is 395 g/mol. The molecule has 0 aromatic carbocycles. The zero-order valence-corrected chi connectivity index (χ0v) is 15.0. The number of nitrogens with two attached hydrogens (primary N) is 1. The number of guanidine groups is 1. The van der Waals surface area contributed by atoms with Crippen LogP contribution in [0.4, 0.5) is 0 Å². The second-order valence-corrected chi connectivity index (χ2v) is 5.73. The molecule has 0 radical (unpaired) electrons. The Bertz CT molecular complexity index is 285. The molecule has 0 amide bonds. The van der Waals surface area contributed by atoms with Gasteiger partial charge in [-0.3, -0.25) is 9.89 Å². The van der Waals surface area contributed by atoms with Crippen molar-refractivity contribution in [2.45, 2.75) is 26.2 Å². The molecule has 2 rings (SSSR count). The lowest BCUT2D eigenvalue weighted by molar-refractivity contribution is 0.139. The van der Waals surface area contributed by atoms with Gasteiger partial charge in [0.05, 0.1) is 0 Å². The number of hydrogen-bond donors (Lipinski definition) is 2. The van der Waals surface area contributed by atoms with Gasteiger partial charge in [0.1, 0.15) is 0 Å².